The number of rotatable bonds is 6. The molecule has 0 aliphatic carbocycles. The number of halogens is 2. The molecule has 2 amide bonds. The Labute approximate surface area is 151 Å². The third-order valence-corrected chi connectivity index (χ3v) is 3.95. The number of amides is 2. The lowest BCUT2D eigenvalue weighted by molar-refractivity contribution is 0.0951. The summed E-state index contributed by atoms with van der Waals surface area (Å²) in [6.07, 6.45) is 1.96. The van der Waals surface area contributed by atoms with Crippen LogP contribution in [0.15, 0.2) is 42.5 Å². The molecule has 4 nitrogen and oxygen atoms in total. The van der Waals surface area contributed by atoms with Crippen LogP contribution in [-0.4, -0.2) is 18.4 Å². The predicted octanol–water partition coefficient (Wildman–Crippen LogP) is 4.78. The molecule has 0 radical (unpaired) electrons. The van der Waals surface area contributed by atoms with Crippen LogP contribution in [-0.2, 0) is 0 Å². The van der Waals surface area contributed by atoms with E-state index in [0.717, 1.165) is 12.8 Å². The van der Waals surface area contributed by atoms with Crippen molar-refractivity contribution in [3.63, 3.8) is 0 Å². The van der Waals surface area contributed by atoms with E-state index in [1.165, 1.54) is 0 Å². The Hall–Kier alpha value is -2.04. The third kappa shape index (κ3) is 4.98. The topological polar surface area (TPSA) is 58.2 Å². The summed E-state index contributed by atoms with van der Waals surface area (Å²) in [6, 6.07) is 11.3. The van der Waals surface area contributed by atoms with Gasteiger partial charge < -0.3 is 10.6 Å². The number of unbranched alkanes of at least 4 members (excludes halogenated alkanes) is 1. The van der Waals surface area contributed by atoms with Gasteiger partial charge in [0.25, 0.3) is 11.8 Å². The molecule has 126 valence electrons. The number of carbonyl (C=O) groups is 2. The quantitative estimate of drug-likeness (QED) is 0.724. The molecule has 0 bridgehead atoms. The minimum absolute atomic E-state index is 0.142. The Balaban J connectivity index is 2.01. The first-order valence-corrected chi connectivity index (χ1v) is 8.41. The number of nitrogens with one attached hydrogen (secondary N) is 2. The fourth-order valence-electron chi connectivity index (χ4n) is 2.04. The lowest BCUT2D eigenvalue weighted by Crippen LogP contribution is -2.24. The average molecular weight is 365 g/mol. The second kappa shape index (κ2) is 8.71. The lowest BCUT2D eigenvalue weighted by atomic mass is 10.1. The molecule has 24 heavy (non-hydrogen) atoms. The molecule has 2 N–H and O–H groups in total. The highest BCUT2D eigenvalue weighted by Gasteiger charge is 2.10. The second-order valence-corrected chi connectivity index (χ2v) is 6.11. The highest BCUT2D eigenvalue weighted by Crippen LogP contribution is 2.25. The second-order valence-electron chi connectivity index (χ2n) is 5.27. The predicted molar refractivity (Wildman–Crippen MR) is 98.1 cm³/mol. The van der Waals surface area contributed by atoms with E-state index in [1.807, 2.05) is 0 Å². The van der Waals surface area contributed by atoms with Gasteiger partial charge in [-0.1, -0.05) is 36.5 Å². The fourth-order valence-corrected chi connectivity index (χ4v) is 2.49. The number of anilines is 1. The van der Waals surface area contributed by atoms with Crippen LogP contribution in [0.5, 0.6) is 0 Å². The SMILES string of the molecule is CCCCNC(=O)c1ccc(C(=O)Nc2ccc(Cl)cc2Cl)cc1. The molecule has 2 aromatic carbocycles. The lowest BCUT2D eigenvalue weighted by Gasteiger charge is -2.08. The average Bonchev–Trinajstić information content (AvgIpc) is 2.57. The zero-order chi connectivity index (χ0) is 17.5. The molecule has 0 aliphatic heterocycles. The largest absolute Gasteiger partial charge is 0.352 e. The first-order chi connectivity index (χ1) is 11.5. The Morgan fingerprint density at radius 1 is 0.958 bits per heavy atom. The van der Waals surface area contributed by atoms with Gasteiger partial charge in [0.1, 0.15) is 0 Å². The summed E-state index contributed by atoms with van der Waals surface area (Å²) in [4.78, 5) is 24.2. The molecule has 0 unspecified atom stereocenters. The first-order valence-electron chi connectivity index (χ1n) is 7.66. The van der Waals surface area contributed by atoms with Crippen LogP contribution < -0.4 is 10.6 Å². The van der Waals surface area contributed by atoms with Crippen molar-refractivity contribution < 1.29 is 9.59 Å². The maximum atomic E-state index is 12.2. The van der Waals surface area contributed by atoms with Crippen molar-refractivity contribution in [1.29, 1.82) is 0 Å². The van der Waals surface area contributed by atoms with Crippen molar-refractivity contribution in [1.82, 2.24) is 5.32 Å². The van der Waals surface area contributed by atoms with Crippen molar-refractivity contribution in [2.24, 2.45) is 0 Å². The fraction of sp³-hybridized carbons (Fsp3) is 0.222. The van der Waals surface area contributed by atoms with Crippen molar-refractivity contribution in [3.8, 4) is 0 Å². The molecule has 2 rings (SSSR count). The van der Waals surface area contributed by atoms with E-state index in [4.69, 9.17) is 23.2 Å². The molecular formula is C18H18Cl2N2O2. The van der Waals surface area contributed by atoms with Crippen molar-refractivity contribution in [2.45, 2.75) is 19.8 Å². The maximum Gasteiger partial charge on any atom is 0.255 e. The smallest absolute Gasteiger partial charge is 0.255 e. The molecule has 0 atom stereocenters. The number of hydrogen-bond donors (Lipinski definition) is 2. The summed E-state index contributed by atoms with van der Waals surface area (Å²) in [7, 11) is 0. The van der Waals surface area contributed by atoms with E-state index in [9.17, 15) is 9.59 Å². The molecule has 0 aliphatic rings. The van der Waals surface area contributed by atoms with E-state index in [1.54, 1.807) is 42.5 Å². The Morgan fingerprint density at radius 3 is 2.17 bits per heavy atom. The van der Waals surface area contributed by atoms with E-state index in [0.29, 0.717) is 33.4 Å². The van der Waals surface area contributed by atoms with E-state index < -0.39 is 0 Å². The van der Waals surface area contributed by atoms with Gasteiger partial charge in [0.15, 0.2) is 0 Å². The Kier molecular flexibility index (Phi) is 6.64. The van der Waals surface area contributed by atoms with E-state index in [-0.39, 0.29) is 11.8 Å². The normalized spacial score (nSPS) is 10.3. The highest BCUT2D eigenvalue weighted by molar-refractivity contribution is 6.36. The zero-order valence-electron chi connectivity index (χ0n) is 13.2. The first kappa shape index (κ1) is 18.3. The van der Waals surface area contributed by atoms with Gasteiger partial charge >= 0.3 is 0 Å². The summed E-state index contributed by atoms with van der Waals surface area (Å²) in [5.74, 6) is -0.451. The monoisotopic (exact) mass is 364 g/mol. The van der Waals surface area contributed by atoms with Crippen LogP contribution in [0.3, 0.4) is 0 Å². The molecule has 0 aromatic heterocycles. The summed E-state index contributed by atoms with van der Waals surface area (Å²) < 4.78 is 0. The van der Waals surface area contributed by atoms with Crippen molar-refractivity contribution in [3.05, 3.63) is 63.6 Å². The van der Waals surface area contributed by atoms with Gasteiger partial charge in [-0.25, -0.2) is 0 Å². The summed E-state index contributed by atoms with van der Waals surface area (Å²) >= 11 is 11.9. The number of benzene rings is 2. The Morgan fingerprint density at radius 2 is 1.58 bits per heavy atom. The van der Waals surface area contributed by atoms with Gasteiger partial charge in [0, 0.05) is 22.7 Å². The van der Waals surface area contributed by atoms with Gasteiger partial charge in [-0.3, -0.25) is 9.59 Å². The van der Waals surface area contributed by atoms with Crippen LogP contribution >= 0.6 is 23.2 Å². The Bertz CT molecular complexity index is 730. The minimum atomic E-state index is -0.308. The molecule has 0 fully saturated rings. The maximum absolute atomic E-state index is 12.2. The van der Waals surface area contributed by atoms with Gasteiger partial charge in [-0.15, -0.1) is 0 Å². The van der Waals surface area contributed by atoms with Gasteiger partial charge in [0.2, 0.25) is 0 Å². The summed E-state index contributed by atoms with van der Waals surface area (Å²) in [5, 5.41) is 6.41. The molecule has 6 heteroatoms. The van der Waals surface area contributed by atoms with E-state index >= 15 is 0 Å². The summed E-state index contributed by atoms with van der Waals surface area (Å²) in [6.45, 7) is 2.71. The van der Waals surface area contributed by atoms with E-state index in [2.05, 4.69) is 17.6 Å². The highest BCUT2D eigenvalue weighted by atomic mass is 35.5. The van der Waals surface area contributed by atoms with Gasteiger partial charge in [-0.2, -0.15) is 0 Å². The zero-order valence-corrected chi connectivity index (χ0v) is 14.7. The number of hydrogen-bond acceptors (Lipinski definition) is 2. The van der Waals surface area contributed by atoms with Crippen LogP contribution in [0.1, 0.15) is 40.5 Å². The van der Waals surface area contributed by atoms with Crippen molar-refractivity contribution >= 4 is 40.7 Å². The molecule has 0 spiro atoms. The van der Waals surface area contributed by atoms with Crippen LogP contribution in [0.4, 0.5) is 5.69 Å². The minimum Gasteiger partial charge on any atom is -0.352 e. The van der Waals surface area contributed by atoms with Gasteiger partial charge in [-0.05, 0) is 48.9 Å². The van der Waals surface area contributed by atoms with Crippen LogP contribution in [0.2, 0.25) is 10.0 Å². The van der Waals surface area contributed by atoms with Crippen LogP contribution in [0, 0.1) is 0 Å². The standard InChI is InChI=1S/C18H18Cl2N2O2/c1-2-3-10-21-17(23)12-4-6-13(7-5-12)18(24)22-16-9-8-14(19)11-15(16)20/h4-9,11H,2-3,10H2,1H3,(H,21,23)(H,22,24). The molecule has 0 heterocycles. The molecule has 0 saturated heterocycles. The van der Waals surface area contributed by atoms with Crippen LogP contribution in [0.25, 0.3) is 0 Å². The van der Waals surface area contributed by atoms with Gasteiger partial charge in [0.05, 0.1) is 10.7 Å². The molecular weight excluding hydrogens is 347 g/mol. The third-order valence-electron chi connectivity index (χ3n) is 3.40. The van der Waals surface area contributed by atoms with Crippen molar-refractivity contribution in [2.75, 3.05) is 11.9 Å². The summed E-state index contributed by atoms with van der Waals surface area (Å²) in [5.41, 5.74) is 1.44. The molecule has 0 saturated carbocycles. The molecule has 2 aromatic rings. The number of carbonyl (C=O) groups excluding carboxylic acids is 2.